The zero-order valence-electron chi connectivity index (χ0n) is 12.7. The number of aromatic nitrogens is 2. The van der Waals surface area contributed by atoms with Crippen LogP contribution < -0.4 is 4.90 Å². The molecule has 0 radical (unpaired) electrons. The molecule has 0 spiro atoms. The van der Waals surface area contributed by atoms with Crippen LogP contribution in [-0.4, -0.2) is 46.3 Å². The number of nitrogens with zero attached hydrogens (tertiary/aromatic N) is 4. The quantitative estimate of drug-likeness (QED) is 0.815. The summed E-state index contributed by atoms with van der Waals surface area (Å²) in [5.74, 6) is 1.43. The first-order chi connectivity index (χ1) is 10.6. The summed E-state index contributed by atoms with van der Waals surface area (Å²) < 4.78 is 0. The van der Waals surface area contributed by atoms with Crippen LogP contribution in [0.3, 0.4) is 0 Å². The lowest BCUT2D eigenvalue weighted by atomic mass is 9.75. The molecule has 2 saturated heterocycles. The Hall–Kier alpha value is -1.98. The Morgan fingerprint density at radius 1 is 1.18 bits per heavy atom. The van der Waals surface area contributed by atoms with E-state index in [1.54, 1.807) is 17.3 Å². The Labute approximate surface area is 129 Å². The summed E-state index contributed by atoms with van der Waals surface area (Å²) in [7, 11) is 0. The van der Waals surface area contributed by atoms with Crippen LogP contribution in [-0.2, 0) is 9.59 Å². The average molecular weight is 300 g/mol. The predicted octanol–water partition coefficient (Wildman–Crippen LogP) is 0.944. The molecule has 2 atom stereocenters. The molecule has 6 heteroatoms. The summed E-state index contributed by atoms with van der Waals surface area (Å²) in [4.78, 5) is 36.7. The Morgan fingerprint density at radius 3 is 2.55 bits per heavy atom. The minimum atomic E-state index is -0.0540. The number of carbonyl (C=O) groups excluding carboxylic acids is 2. The Balaban J connectivity index is 1.43. The molecule has 0 unspecified atom stereocenters. The van der Waals surface area contributed by atoms with Crippen molar-refractivity contribution in [1.82, 2.24) is 14.9 Å². The number of anilines is 1. The molecule has 0 N–H and O–H groups in total. The van der Waals surface area contributed by atoms with Gasteiger partial charge in [0.05, 0.1) is 24.0 Å². The van der Waals surface area contributed by atoms with Gasteiger partial charge in [0.25, 0.3) is 0 Å². The highest BCUT2D eigenvalue weighted by Gasteiger charge is 2.49. The van der Waals surface area contributed by atoms with Crippen molar-refractivity contribution in [3.05, 3.63) is 18.7 Å². The van der Waals surface area contributed by atoms with E-state index in [2.05, 4.69) is 16.9 Å². The largest absolute Gasteiger partial charge is 0.341 e. The van der Waals surface area contributed by atoms with Crippen LogP contribution in [0.4, 0.5) is 5.69 Å². The molecule has 1 aromatic heterocycles. The SMILES string of the molecule is CC1CC(C(=O)N2C[C@H]3CN(c4cncnc4)C(=O)[C@H]3C2)C1. The van der Waals surface area contributed by atoms with Gasteiger partial charge in [-0.25, -0.2) is 9.97 Å². The molecular formula is C16H20N4O2. The fourth-order valence-electron chi connectivity index (χ4n) is 4.07. The maximum absolute atomic E-state index is 12.6. The van der Waals surface area contributed by atoms with E-state index in [0.29, 0.717) is 25.6 Å². The summed E-state index contributed by atoms with van der Waals surface area (Å²) in [6.07, 6.45) is 6.82. The van der Waals surface area contributed by atoms with Crippen molar-refractivity contribution in [1.29, 1.82) is 0 Å². The molecule has 1 aromatic rings. The topological polar surface area (TPSA) is 66.4 Å². The number of likely N-dealkylation sites (tertiary alicyclic amines) is 1. The molecule has 116 valence electrons. The normalized spacial score (nSPS) is 33.8. The Morgan fingerprint density at radius 2 is 1.91 bits per heavy atom. The first-order valence-corrected chi connectivity index (χ1v) is 7.98. The van der Waals surface area contributed by atoms with Crippen molar-refractivity contribution in [2.24, 2.45) is 23.7 Å². The van der Waals surface area contributed by atoms with Crippen LogP contribution in [0.1, 0.15) is 19.8 Å². The van der Waals surface area contributed by atoms with E-state index in [1.165, 1.54) is 6.33 Å². The molecule has 0 aromatic carbocycles. The molecule has 6 nitrogen and oxygen atoms in total. The van der Waals surface area contributed by atoms with E-state index in [4.69, 9.17) is 0 Å². The minimum absolute atomic E-state index is 0.0540. The number of rotatable bonds is 2. The van der Waals surface area contributed by atoms with Gasteiger partial charge in [0.2, 0.25) is 11.8 Å². The van der Waals surface area contributed by atoms with Crippen LogP contribution >= 0.6 is 0 Å². The third kappa shape index (κ3) is 2.09. The molecule has 0 bridgehead atoms. The van der Waals surface area contributed by atoms with Gasteiger partial charge in [0.1, 0.15) is 6.33 Å². The second-order valence-corrected chi connectivity index (χ2v) is 6.93. The number of carbonyl (C=O) groups is 2. The molecule has 3 aliphatic rings. The lowest BCUT2D eigenvalue weighted by Crippen LogP contribution is -2.42. The Bertz CT molecular complexity index is 599. The first-order valence-electron chi connectivity index (χ1n) is 7.98. The van der Waals surface area contributed by atoms with Gasteiger partial charge in [-0.2, -0.15) is 0 Å². The highest BCUT2D eigenvalue weighted by Crippen LogP contribution is 2.39. The molecule has 22 heavy (non-hydrogen) atoms. The van der Waals surface area contributed by atoms with E-state index in [1.807, 2.05) is 4.90 Å². The van der Waals surface area contributed by atoms with Crippen molar-refractivity contribution in [2.75, 3.05) is 24.5 Å². The molecule has 2 aliphatic heterocycles. The monoisotopic (exact) mass is 300 g/mol. The molecular weight excluding hydrogens is 280 g/mol. The molecule has 3 heterocycles. The third-order valence-corrected chi connectivity index (χ3v) is 5.33. The van der Waals surface area contributed by atoms with Crippen molar-refractivity contribution in [3.8, 4) is 0 Å². The van der Waals surface area contributed by atoms with E-state index in [-0.39, 0.29) is 29.6 Å². The van der Waals surface area contributed by atoms with Crippen LogP contribution in [0.25, 0.3) is 0 Å². The lowest BCUT2D eigenvalue weighted by Gasteiger charge is -2.34. The van der Waals surface area contributed by atoms with Crippen molar-refractivity contribution < 1.29 is 9.59 Å². The van der Waals surface area contributed by atoms with Gasteiger partial charge in [0.15, 0.2) is 0 Å². The van der Waals surface area contributed by atoms with Crippen LogP contribution in [0, 0.1) is 23.7 Å². The summed E-state index contributed by atoms with van der Waals surface area (Å²) in [5.41, 5.74) is 0.757. The minimum Gasteiger partial charge on any atom is -0.341 e. The van der Waals surface area contributed by atoms with E-state index in [0.717, 1.165) is 18.5 Å². The average Bonchev–Trinajstić information content (AvgIpc) is 3.04. The fourth-order valence-corrected chi connectivity index (χ4v) is 4.07. The van der Waals surface area contributed by atoms with Crippen LogP contribution in [0.2, 0.25) is 0 Å². The summed E-state index contributed by atoms with van der Waals surface area (Å²) in [6.45, 7) is 4.15. The van der Waals surface area contributed by atoms with Gasteiger partial charge in [0, 0.05) is 31.5 Å². The fraction of sp³-hybridized carbons (Fsp3) is 0.625. The number of fused-ring (bicyclic) bond motifs is 1. The zero-order valence-corrected chi connectivity index (χ0v) is 12.7. The maximum Gasteiger partial charge on any atom is 0.232 e. The molecule has 4 rings (SSSR count). The van der Waals surface area contributed by atoms with Crippen LogP contribution in [0.15, 0.2) is 18.7 Å². The molecule has 1 saturated carbocycles. The summed E-state index contributed by atoms with van der Waals surface area (Å²) >= 11 is 0. The number of hydrogen-bond acceptors (Lipinski definition) is 4. The van der Waals surface area contributed by atoms with Gasteiger partial charge in [-0.1, -0.05) is 6.92 Å². The Kier molecular flexibility index (Phi) is 3.13. The highest BCUT2D eigenvalue weighted by atomic mass is 16.2. The smallest absolute Gasteiger partial charge is 0.232 e. The van der Waals surface area contributed by atoms with E-state index in [9.17, 15) is 9.59 Å². The molecule has 1 aliphatic carbocycles. The van der Waals surface area contributed by atoms with E-state index >= 15 is 0 Å². The standard InChI is InChI=1S/C16H20N4O2/c1-10-2-11(3-10)15(21)19-6-12-7-20(16(22)14(12)8-19)13-4-17-9-18-5-13/h4-5,9-12,14H,2-3,6-8H2,1H3/t10?,11?,12-,14-/m0/s1. The lowest BCUT2D eigenvalue weighted by molar-refractivity contribution is -0.139. The summed E-state index contributed by atoms with van der Waals surface area (Å²) in [5, 5.41) is 0. The second kappa shape index (κ2) is 5.04. The number of amides is 2. The summed E-state index contributed by atoms with van der Waals surface area (Å²) in [6, 6.07) is 0. The van der Waals surface area contributed by atoms with Gasteiger partial charge < -0.3 is 9.80 Å². The molecule has 3 fully saturated rings. The van der Waals surface area contributed by atoms with Gasteiger partial charge in [-0.3, -0.25) is 9.59 Å². The van der Waals surface area contributed by atoms with Gasteiger partial charge >= 0.3 is 0 Å². The second-order valence-electron chi connectivity index (χ2n) is 6.93. The number of hydrogen-bond donors (Lipinski definition) is 0. The van der Waals surface area contributed by atoms with E-state index < -0.39 is 0 Å². The third-order valence-electron chi connectivity index (χ3n) is 5.33. The molecule has 2 amide bonds. The maximum atomic E-state index is 12.6. The predicted molar refractivity (Wildman–Crippen MR) is 79.8 cm³/mol. The van der Waals surface area contributed by atoms with Gasteiger partial charge in [-0.05, 0) is 18.8 Å². The van der Waals surface area contributed by atoms with Gasteiger partial charge in [-0.15, -0.1) is 0 Å². The van der Waals surface area contributed by atoms with Crippen molar-refractivity contribution >= 4 is 17.5 Å². The van der Waals surface area contributed by atoms with Crippen molar-refractivity contribution in [3.63, 3.8) is 0 Å². The van der Waals surface area contributed by atoms with Crippen LogP contribution in [0.5, 0.6) is 0 Å². The first kappa shape index (κ1) is 13.7. The van der Waals surface area contributed by atoms with Crippen molar-refractivity contribution in [2.45, 2.75) is 19.8 Å². The highest BCUT2D eigenvalue weighted by molar-refractivity contribution is 5.98. The zero-order chi connectivity index (χ0) is 15.3.